The Balaban J connectivity index is 2.72. The summed E-state index contributed by atoms with van der Waals surface area (Å²) in [5, 5.41) is 10.2. The van der Waals surface area contributed by atoms with Crippen LogP contribution in [0.3, 0.4) is 0 Å². The Labute approximate surface area is 132 Å². The van der Waals surface area contributed by atoms with Gasteiger partial charge in [0, 0.05) is 15.6 Å². The highest BCUT2D eigenvalue weighted by Gasteiger charge is 2.34. The fourth-order valence-corrected chi connectivity index (χ4v) is 2.90. The van der Waals surface area contributed by atoms with Crippen molar-refractivity contribution in [3.05, 3.63) is 56.6 Å². The number of carbonyl (C=O) groups excluding carboxylic acids is 1. The molecule has 0 amide bonds. The number of nitriles is 1. The maximum absolute atomic E-state index is 12.0. The lowest BCUT2D eigenvalue weighted by Crippen LogP contribution is -2.23. The topological polar surface area (TPSA) is 76.1 Å². The van der Waals surface area contributed by atoms with E-state index in [1.165, 1.54) is 6.92 Å². The summed E-state index contributed by atoms with van der Waals surface area (Å²) in [4.78, 5) is 12.0. The van der Waals surface area contributed by atoms with E-state index >= 15 is 0 Å². The number of rotatable bonds is 2. The first-order chi connectivity index (χ1) is 9.86. The number of benzene rings is 1. The quantitative estimate of drug-likeness (QED) is 0.901. The Morgan fingerprint density at radius 3 is 2.62 bits per heavy atom. The zero-order chi connectivity index (χ0) is 15.7. The van der Waals surface area contributed by atoms with Crippen molar-refractivity contribution in [3.8, 4) is 6.07 Å². The van der Waals surface area contributed by atoms with Crippen LogP contribution in [-0.4, -0.2) is 5.78 Å². The van der Waals surface area contributed by atoms with Crippen molar-refractivity contribution in [1.82, 2.24) is 0 Å². The van der Waals surface area contributed by atoms with Gasteiger partial charge < -0.3 is 10.5 Å². The smallest absolute Gasteiger partial charge is 0.205 e. The van der Waals surface area contributed by atoms with Crippen molar-refractivity contribution in [2.75, 3.05) is 0 Å². The number of halogens is 2. The number of hydrogen-bond acceptors (Lipinski definition) is 4. The SMILES string of the molecule is CC(=O)C1=C(C)OC(N)=C(C#N)[C@@H]1c1ccc(Cl)cc1Cl. The van der Waals surface area contributed by atoms with Gasteiger partial charge in [-0.2, -0.15) is 5.26 Å². The molecule has 6 heteroatoms. The van der Waals surface area contributed by atoms with Crippen LogP contribution in [0.1, 0.15) is 25.3 Å². The highest BCUT2D eigenvalue weighted by molar-refractivity contribution is 6.35. The molecular weight excluding hydrogens is 311 g/mol. The van der Waals surface area contributed by atoms with Crippen molar-refractivity contribution in [2.24, 2.45) is 5.73 Å². The minimum atomic E-state index is -0.647. The molecule has 108 valence electrons. The summed E-state index contributed by atoms with van der Waals surface area (Å²) in [7, 11) is 0. The number of Topliss-reactive ketones (excluding diaryl/α,β-unsaturated/α-hetero) is 1. The average molecular weight is 323 g/mol. The van der Waals surface area contributed by atoms with Crippen molar-refractivity contribution < 1.29 is 9.53 Å². The van der Waals surface area contributed by atoms with Crippen LogP contribution in [0.2, 0.25) is 10.0 Å². The largest absolute Gasteiger partial charge is 0.445 e. The van der Waals surface area contributed by atoms with E-state index in [0.29, 0.717) is 26.9 Å². The third-order valence-corrected chi connectivity index (χ3v) is 3.82. The molecule has 1 heterocycles. The Kier molecular flexibility index (Phi) is 4.26. The standard InChI is InChI=1S/C15H12Cl2N2O2/c1-7(20)13-8(2)21-15(19)11(6-18)14(13)10-4-3-9(16)5-12(10)17/h3-5,14H,19H2,1-2H3/t14-/m0/s1. The van der Waals surface area contributed by atoms with Crippen LogP contribution in [-0.2, 0) is 9.53 Å². The third-order valence-electron chi connectivity index (χ3n) is 3.26. The molecule has 0 aromatic heterocycles. The molecule has 21 heavy (non-hydrogen) atoms. The summed E-state index contributed by atoms with van der Waals surface area (Å²) in [6.07, 6.45) is 0. The van der Waals surface area contributed by atoms with Crippen LogP contribution in [0.5, 0.6) is 0 Å². The van der Waals surface area contributed by atoms with Gasteiger partial charge in [-0.25, -0.2) is 0 Å². The summed E-state index contributed by atoms with van der Waals surface area (Å²) < 4.78 is 5.30. The molecule has 0 radical (unpaired) electrons. The van der Waals surface area contributed by atoms with Gasteiger partial charge in [0.25, 0.3) is 0 Å². The number of carbonyl (C=O) groups is 1. The first-order valence-electron chi connectivity index (χ1n) is 6.11. The molecular formula is C15H12Cl2N2O2. The molecule has 2 N–H and O–H groups in total. The number of allylic oxidation sites excluding steroid dienone is 3. The Morgan fingerprint density at radius 2 is 2.10 bits per heavy atom. The van der Waals surface area contributed by atoms with E-state index < -0.39 is 5.92 Å². The zero-order valence-corrected chi connectivity index (χ0v) is 12.9. The van der Waals surface area contributed by atoms with E-state index in [9.17, 15) is 10.1 Å². The van der Waals surface area contributed by atoms with Gasteiger partial charge >= 0.3 is 0 Å². The van der Waals surface area contributed by atoms with E-state index in [-0.39, 0.29) is 17.2 Å². The second kappa shape index (κ2) is 5.80. The van der Waals surface area contributed by atoms with Crippen LogP contribution < -0.4 is 5.73 Å². The fraction of sp³-hybridized carbons (Fsp3) is 0.200. The van der Waals surface area contributed by atoms with E-state index in [1.807, 2.05) is 6.07 Å². The maximum atomic E-state index is 12.0. The monoisotopic (exact) mass is 322 g/mol. The minimum Gasteiger partial charge on any atom is -0.445 e. The van der Waals surface area contributed by atoms with E-state index in [1.54, 1.807) is 25.1 Å². The van der Waals surface area contributed by atoms with Gasteiger partial charge in [0.05, 0.1) is 5.92 Å². The van der Waals surface area contributed by atoms with Gasteiger partial charge in [-0.1, -0.05) is 29.3 Å². The Morgan fingerprint density at radius 1 is 1.43 bits per heavy atom. The summed E-state index contributed by atoms with van der Waals surface area (Å²) in [5.41, 5.74) is 6.89. The van der Waals surface area contributed by atoms with Crippen molar-refractivity contribution in [2.45, 2.75) is 19.8 Å². The molecule has 0 aliphatic carbocycles. The van der Waals surface area contributed by atoms with Gasteiger partial charge in [-0.3, -0.25) is 4.79 Å². The van der Waals surface area contributed by atoms with Crippen LogP contribution in [0, 0.1) is 11.3 Å². The van der Waals surface area contributed by atoms with E-state index in [4.69, 9.17) is 33.7 Å². The van der Waals surface area contributed by atoms with Gasteiger partial charge in [-0.05, 0) is 31.5 Å². The Hall–Kier alpha value is -1.96. The molecule has 0 spiro atoms. The van der Waals surface area contributed by atoms with Crippen molar-refractivity contribution in [3.63, 3.8) is 0 Å². The lowest BCUT2D eigenvalue weighted by molar-refractivity contribution is -0.114. The van der Waals surface area contributed by atoms with Gasteiger partial charge in [0.1, 0.15) is 17.4 Å². The highest BCUT2D eigenvalue weighted by Crippen LogP contribution is 2.42. The average Bonchev–Trinajstić information content (AvgIpc) is 2.37. The molecule has 0 bridgehead atoms. The molecule has 1 aromatic rings. The number of nitrogens with zero attached hydrogens (tertiary/aromatic N) is 1. The second-order valence-corrected chi connectivity index (χ2v) is 5.46. The molecule has 1 aromatic carbocycles. The first kappa shape index (κ1) is 15.4. The molecule has 0 fully saturated rings. The fourth-order valence-electron chi connectivity index (χ4n) is 2.38. The first-order valence-corrected chi connectivity index (χ1v) is 6.86. The van der Waals surface area contributed by atoms with Crippen molar-refractivity contribution in [1.29, 1.82) is 5.26 Å². The molecule has 0 saturated heterocycles. The second-order valence-electron chi connectivity index (χ2n) is 4.62. The molecule has 0 saturated carbocycles. The van der Waals surface area contributed by atoms with Crippen LogP contribution in [0.4, 0.5) is 0 Å². The molecule has 4 nitrogen and oxygen atoms in total. The molecule has 1 atom stereocenters. The number of ketones is 1. The Bertz CT molecular complexity index is 730. The van der Waals surface area contributed by atoms with E-state index in [2.05, 4.69) is 0 Å². The molecule has 1 aliphatic heterocycles. The van der Waals surface area contributed by atoms with Gasteiger partial charge in [0.15, 0.2) is 5.78 Å². The van der Waals surface area contributed by atoms with Crippen LogP contribution in [0.15, 0.2) is 41.0 Å². The summed E-state index contributed by atoms with van der Waals surface area (Å²) in [5.74, 6) is -0.499. The van der Waals surface area contributed by atoms with E-state index in [0.717, 1.165) is 0 Å². The van der Waals surface area contributed by atoms with Crippen LogP contribution in [0.25, 0.3) is 0 Å². The van der Waals surface area contributed by atoms with Crippen LogP contribution >= 0.6 is 23.2 Å². The summed E-state index contributed by atoms with van der Waals surface area (Å²) >= 11 is 12.1. The summed E-state index contributed by atoms with van der Waals surface area (Å²) in [6.45, 7) is 3.05. The minimum absolute atomic E-state index is 0.0176. The van der Waals surface area contributed by atoms with Crippen molar-refractivity contribution >= 4 is 29.0 Å². The molecule has 2 rings (SSSR count). The normalized spacial score (nSPS) is 18.3. The predicted molar refractivity (Wildman–Crippen MR) is 80.5 cm³/mol. The third kappa shape index (κ3) is 2.76. The number of ether oxygens (including phenoxy) is 1. The maximum Gasteiger partial charge on any atom is 0.205 e. The predicted octanol–water partition coefficient (Wildman–Crippen LogP) is 3.66. The zero-order valence-electron chi connectivity index (χ0n) is 11.4. The highest BCUT2D eigenvalue weighted by atomic mass is 35.5. The molecule has 1 aliphatic rings. The van der Waals surface area contributed by atoms with Gasteiger partial charge in [0.2, 0.25) is 5.88 Å². The summed E-state index contributed by atoms with van der Waals surface area (Å²) in [6, 6.07) is 6.89. The lowest BCUT2D eigenvalue weighted by Gasteiger charge is -2.27. The van der Waals surface area contributed by atoms with Gasteiger partial charge in [-0.15, -0.1) is 0 Å². The lowest BCUT2D eigenvalue weighted by atomic mass is 9.81. The number of nitrogens with two attached hydrogens (primary N) is 1. The number of hydrogen-bond donors (Lipinski definition) is 1. The molecule has 0 unspecified atom stereocenters.